The quantitative estimate of drug-likeness (QED) is 0.696. The Balaban J connectivity index is 2.31. The summed E-state index contributed by atoms with van der Waals surface area (Å²) in [6.07, 6.45) is 1.20. The second kappa shape index (κ2) is 6.13. The van der Waals surface area contributed by atoms with Gasteiger partial charge in [0.05, 0.1) is 18.4 Å². The van der Waals surface area contributed by atoms with Gasteiger partial charge in [-0.1, -0.05) is 11.6 Å². The molecule has 5 nitrogen and oxygen atoms in total. The predicted octanol–water partition coefficient (Wildman–Crippen LogP) is 2.57. The van der Waals surface area contributed by atoms with E-state index in [2.05, 4.69) is 15.0 Å². The molecule has 0 spiro atoms. The van der Waals surface area contributed by atoms with Gasteiger partial charge in [0.1, 0.15) is 0 Å². The summed E-state index contributed by atoms with van der Waals surface area (Å²) in [5.74, 6) is -1.85. The highest BCUT2D eigenvalue weighted by Crippen LogP contribution is 2.19. The number of nitrogens with zero attached hydrogens (tertiary/aromatic N) is 1. The molecule has 0 unspecified atom stereocenters. The number of rotatable bonds is 3. The number of hydrogen-bond donors (Lipinski definition) is 1. The number of esters is 1. The molecular formula is C15H13FN2O3. The van der Waals surface area contributed by atoms with Gasteiger partial charge in [0.15, 0.2) is 0 Å². The molecule has 0 aliphatic carbocycles. The molecule has 2 aromatic rings. The summed E-state index contributed by atoms with van der Waals surface area (Å²) < 4.78 is 17.7. The monoisotopic (exact) mass is 288 g/mol. The highest BCUT2D eigenvalue weighted by Gasteiger charge is 2.15. The number of benzene rings is 1. The normalized spacial score (nSPS) is 10.0. The van der Waals surface area contributed by atoms with Gasteiger partial charge < -0.3 is 10.1 Å². The van der Waals surface area contributed by atoms with Crippen LogP contribution in [0.4, 0.5) is 10.1 Å². The van der Waals surface area contributed by atoms with Gasteiger partial charge in [-0.2, -0.15) is 4.39 Å². The lowest BCUT2D eigenvalue weighted by Crippen LogP contribution is -2.16. The van der Waals surface area contributed by atoms with E-state index >= 15 is 0 Å². The van der Waals surface area contributed by atoms with Crippen molar-refractivity contribution in [2.75, 3.05) is 12.4 Å². The van der Waals surface area contributed by atoms with Gasteiger partial charge in [-0.05, 0) is 25.1 Å². The van der Waals surface area contributed by atoms with E-state index in [4.69, 9.17) is 0 Å². The number of carbonyl (C=O) groups is 2. The van der Waals surface area contributed by atoms with E-state index in [-0.39, 0.29) is 11.1 Å². The molecule has 1 N–H and O–H groups in total. The zero-order valence-electron chi connectivity index (χ0n) is 11.5. The number of aromatic nitrogens is 1. The Hall–Kier alpha value is -2.76. The van der Waals surface area contributed by atoms with Crippen molar-refractivity contribution in [3.05, 3.63) is 59.2 Å². The summed E-state index contributed by atoms with van der Waals surface area (Å²) in [6.45, 7) is 1.82. The van der Waals surface area contributed by atoms with Crippen LogP contribution in [0.5, 0.6) is 0 Å². The van der Waals surface area contributed by atoms with Crippen molar-refractivity contribution in [3.8, 4) is 0 Å². The topological polar surface area (TPSA) is 68.3 Å². The van der Waals surface area contributed by atoms with Crippen LogP contribution >= 0.6 is 0 Å². The zero-order valence-corrected chi connectivity index (χ0v) is 11.5. The van der Waals surface area contributed by atoms with Crippen LogP contribution in [0.25, 0.3) is 0 Å². The molecule has 0 bridgehead atoms. The second-order valence-corrected chi connectivity index (χ2v) is 4.36. The third kappa shape index (κ3) is 3.42. The summed E-state index contributed by atoms with van der Waals surface area (Å²) in [4.78, 5) is 27.2. The van der Waals surface area contributed by atoms with Crippen LogP contribution in [0.15, 0.2) is 36.5 Å². The Morgan fingerprint density at radius 3 is 2.67 bits per heavy atom. The van der Waals surface area contributed by atoms with Crippen LogP contribution in [0.2, 0.25) is 0 Å². The third-order valence-corrected chi connectivity index (χ3v) is 2.82. The van der Waals surface area contributed by atoms with Crippen LogP contribution in [0.3, 0.4) is 0 Å². The Morgan fingerprint density at radius 2 is 2.00 bits per heavy atom. The van der Waals surface area contributed by atoms with E-state index in [0.29, 0.717) is 5.69 Å². The molecule has 1 amide bonds. The average molecular weight is 288 g/mol. The van der Waals surface area contributed by atoms with Crippen molar-refractivity contribution in [1.82, 2.24) is 4.98 Å². The summed E-state index contributed by atoms with van der Waals surface area (Å²) in [5, 5.41) is 2.56. The first-order valence-electron chi connectivity index (χ1n) is 6.13. The lowest BCUT2D eigenvalue weighted by Gasteiger charge is -2.10. The van der Waals surface area contributed by atoms with E-state index in [0.717, 1.165) is 11.6 Å². The van der Waals surface area contributed by atoms with Crippen molar-refractivity contribution in [2.24, 2.45) is 0 Å². The summed E-state index contributed by atoms with van der Waals surface area (Å²) in [6, 6.07) is 7.34. The van der Waals surface area contributed by atoms with E-state index in [1.807, 2.05) is 6.92 Å². The summed E-state index contributed by atoms with van der Waals surface area (Å²) in [5.41, 5.74) is 1.50. The standard InChI is InChI=1S/C15H13FN2O3/c1-9-3-4-12(11(7-9)15(20)21-2)18-14(19)10-5-6-17-13(16)8-10/h3-8H,1-2H3,(H,18,19). The van der Waals surface area contributed by atoms with Crippen molar-refractivity contribution in [3.63, 3.8) is 0 Å². The number of hydrogen-bond acceptors (Lipinski definition) is 4. The van der Waals surface area contributed by atoms with E-state index in [1.54, 1.807) is 18.2 Å². The number of amides is 1. The SMILES string of the molecule is COC(=O)c1cc(C)ccc1NC(=O)c1ccnc(F)c1. The molecule has 6 heteroatoms. The molecule has 2 rings (SSSR count). The van der Waals surface area contributed by atoms with Crippen LogP contribution in [0.1, 0.15) is 26.3 Å². The number of ether oxygens (including phenoxy) is 1. The van der Waals surface area contributed by atoms with Crippen molar-refractivity contribution < 1.29 is 18.7 Å². The van der Waals surface area contributed by atoms with Crippen molar-refractivity contribution >= 4 is 17.6 Å². The highest BCUT2D eigenvalue weighted by molar-refractivity contribution is 6.08. The Kier molecular flexibility index (Phi) is 4.27. The van der Waals surface area contributed by atoms with Crippen LogP contribution in [0, 0.1) is 12.9 Å². The Labute approximate surface area is 120 Å². The third-order valence-electron chi connectivity index (χ3n) is 2.82. The average Bonchev–Trinajstić information content (AvgIpc) is 2.48. The first-order valence-corrected chi connectivity index (χ1v) is 6.13. The van der Waals surface area contributed by atoms with E-state index in [1.165, 1.54) is 19.4 Å². The van der Waals surface area contributed by atoms with E-state index in [9.17, 15) is 14.0 Å². The molecule has 108 valence electrons. The molecule has 0 fully saturated rings. The smallest absolute Gasteiger partial charge is 0.339 e. The van der Waals surface area contributed by atoms with Gasteiger partial charge in [0, 0.05) is 17.8 Å². The van der Waals surface area contributed by atoms with Crippen molar-refractivity contribution in [1.29, 1.82) is 0 Å². The minimum Gasteiger partial charge on any atom is -0.465 e. The van der Waals surface area contributed by atoms with Gasteiger partial charge in [-0.15, -0.1) is 0 Å². The molecular weight excluding hydrogens is 275 g/mol. The minimum atomic E-state index is -0.750. The van der Waals surface area contributed by atoms with Crippen LogP contribution < -0.4 is 5.32 Å². The lowest BCUT2D eigenvalue weighted by atomic mass is 10.1. The summed E-state index contributed by atoms with van der Waals surface area (Å²) in [7, 11) is 1.26. The largest absolute Gasteiger partial charge is 0.465 e. The maximum atomic E-state index is 13.0. The molecule has 1 heterocycles. The number of pyridine rings is 1. The van der Waals surface area contributed by atoms with Gasteiger partial charge in [-0.3, -0.25) is 4.79 Å². The number of methoxy groups -OCH3 is 1. The molecule has 0 saturated carbocycles. The first-order chi connectivity index (χ1) is 10.0. The number of nitrogens with one attached hydrogen (secondary N) is 1. The molecule has 0 aliphatic heterocycles. The molecule has 0 aliphatic rings. The maximum Gasteiger partial charge on any atom is 0.339 e. The van der Waals surface area contributed by atoms with Gasteiger partial charge in [0.2, 0.25) is 5.95 Å². The maximum absolute atomic E-state index is 13.0. The number of carbonyl (C=O) groups excluding carboxylic acids is 2. The molecule has 0 radical (unpaired) electrons. The highest BCUT2D eigenvalue weighted by atomic mass is 19.1. The predicted molar refractivity (Wildman–Crippen MR) is 74.7 cm³/mol. The van der Waals surface area contributed by atoms with Crippen LogP contribution in [-0.4, -0.2) is 24.0 Å². The first kappa shape index (κ1) is 14.6. The second-order valence-electron chi connectivity index (χ2n) is 4.36. The Bertz CT molecular complexity index is 701. The number of aryl methyl sites for hydroxylation is 1. The zero-order chi connectivity index (χ0) is 15.4. The molecule has 0 atom stereocenters. The molecule has 1 aromatic carbocycles. The fraction of sp³-hybridized carbons (Fsp3) is 0.133. The van der Waals surface area contributed by atoms with E-state index < -0.39 is 17.8 Å². The number of halogens is 1. The van der Waals surface area contributed by atoms with Crippen LogP contribution in [-0.2, 0) is 4.74 Å². The minimum absolute atomic E-state index is 0.110. The van der Waals surface area contributed by atoms with Gasteiger partial charge in [-0.25, -0.2) is 9.78 Å². The molecule has 21 heavy (non-hydrogen) atoms. The Morgan fingerprint density at radius 1 is 1.24 bits per heavy atom. The fourth-order valence-corrected chi connectivity index (χ4v) is 1.78. The number of anilines is 1. The molecule has 1 aromatic heterocycles. The molecule has 0 saturated heterocycles. The van der Waals surface area contributed by atoms with Gasteiger partial charge >= 0.3 is 5.97 Å². The van der Waals surface area contributed by atoms with Crippen molar-refractivity contribution in [2.45, 2.75) is 6.92 Å². The fourth-order valence-electron chi connectivity index (χ4n) is 1.78. The summed E-state index contributed by atoms with van der Waals surface area (Å²) >= 11 is 0. The van der Waals surface area contributed by atoms with Gasteiger partial charge in [0.25, 0.3) is 5.91 Å². The lowest BCUT2D eigenvalue weighted by molar-refractivity contribution is 0.0602.